The predicted molar refractivity (Wildman–Crippen MR) is 70.8 cm³/mol. The molecule has 1 saturated carbocycles. The maximum Gasteiger partial charge on any atom is 0.141 e. The number of anilines is 1. The first kappa shape index (κ1) is 12.4. The van der Waals surface area contributed by atoms with Gasteiger partial charge >= 0.3 is 0 Å². The van der Waals surface area contributed by atoms with E-state index in [1.165, 1.54) is 19.3 Å². The summed E-state index contributed by atoms with van der Waals surface area (Å²) in [6, 6.07) is 0. The van der Waals surface area contributed by atoms with Crippen LogP contribution in [-0.4, -0.2) is 22.6 Å². The summed E-state index contributed by atoms with van der Waals surface area (Å²) in [4.78, 5) is 4.13. The van der Waals surface area contributed by atoms with E-state index in [2.05, 4.69) is 35.6 Å². The molecule has 0 atom stereocenters. The standard InChI is InChI=1S/C13H24N4/c1-12(2,3)8-15-9-13(5-4-6-13)17-7-11(14)16-10-17/h7,10,15H,4-6,8-9,14H2,1-3H3. The van der Waals surface area contributed by atoms with Gasteiger partial charge in [0.1, 0.15) is 5.82 Å². The number of hydrogen-bond donors (Lipinski definition) is 2. The van der Waals surface area contributed by atoms with Crippen molar-refractivity contribution in [3.05, 3.63) is 12.5 Å². The van der Waals surface area contributed by atoms with Gasteiger partial charge in [0, 0.05) is 19.3 Å². The molecule has 3 N–H and O–H groups in total. The van der Waals surface area contributed by atoms with Crippen LogP contribution < -0.4 is 11.1 Å². The molecule has 17 heavy (non-hydrogen) atoms. The van der Waals surface area contributed by atoms with Crippen molar-refractivity contribution in [3.8, 4) is 0 Å². The Morgan fingerprint density at radius 2 is 2.18 bits per heavy atom. The van der Waals surface area contributed by atoms with Crippen molar-refractivity contribution >= 4 is 5.82 Å². The molecule has 0 bridgehead atoms. The van der Waals surface area contributed by atoms with Gasteiger partial charge in [0.25, 0.3) is 0 Å². The largest absolute Gasteiger partial charge is 0.382 e. The van der Waals surface area contributed by atoms with Crippen LogP contribution >= 0.6 is 0 Å². The van der Waals surface area contributed by atoms with Crippen LogP contribution in [-0.2, 0) is 5.54 Å². The fourth-order valence-corrected chi connectivity index (χ4v) is 2.38. The summed E-state index contributed by atoms with van der Waals surface area (Å²) in [5, 5.41) is 3.59. The molecule has 0 amide bonds. The molecule has 1 fully saturated rings. The number of nitrogens with one attached hydrogen (secondary N) is 1. The Kier molecular flexibility index (Phi) is 3.17. The average molecular weight is 236 g/mol. The Hall–Kier alpha value is -1.03. The molecule has 2 rings (SSSR count). The van der Waals surface area contributed by atoms with Crippen LogP contribution in [0.15, 0.2) is 12.5 Å². The van der Waals surface area contributed by atoms with Crippen LogP contribution in [0.25, 0.3) is 0 Å². The van der Waals surface area contributed by atoms with E-state index >= 15 is 0 Å². The molecule has 0 radical (unpaired) electrons. The summed E-state index contributed by atoms with van der Waals surface area (Å²) in [5.74, 6) is 0.618. The molecular weight excluding hydrogens is 212 g/mol. The molecule has 0 unspecified atom stereocenters. The fourth-order valence-electron chi connectivity index (χ4n) is 2.38. The van der Waals surface area contributed by atoms with E-state index in [0.29, 0.717) is 11.2 Å². The number of nitrogens with zero attached hydrogens (tertiary/aromatic N) is 2. The number of aromatic nitrogens is 2. The zero-order chi connectivity index (χ0) is 12.5. The van der Waals surface area contributed by atoms with Crippen molar-refractivity contribution in [2.45, 2.75) is 45.6 Å². The van der Waals surface area contributed by atoms with Crippen molar-refractivity contribution in [2.24, 2.45) is 5.41 Å². The lowest BCUT2D eigenvalue weighted by Gasteiger charge is -2.43. The molecule has 0 spiro atoms. The summed E-state index contributed by atoms with van der Waals surface area (Å²) in [6.45, 7) is 8.81. The zero-order valence-corrected chi connectivity index (χ0v) is 11.2. The minimum absolute atomic E-state index is 0.218. The molecule has 0 aromatic carbocycles. The average Bonchev–Trinajstić information content (AvgIpc) is 2.55. The van der Waals surface area contributed by atoms with Crippen LogP contribution in [0.3, 0.4) is 0 Å². The van der Waals surface area contributed by atoms with E-state index < -0.39 is 0 Å². The third-order valence-corrected chi connectivity index (χ3v) is 3.54. The first-order chi connectivity index (χ1) is 7.91. The van der Waals surface area contributed by atoms with Gasteiger partial charge in [0.2, 0.25) is 0 Å². The molecule has 1 aliphatic carbocycles. The summed E-state index contributed by atoms with van der Waals surface area (Å²) in [6.07, 6.45) is 7.57. The number of imidazole rings is 1. The van der Waals surface area contributed by atoms with Crippen molar-refractivity contribution in [2.75, 3.05) is 18.8 Å². The van der Waals surface area contributed by atoms with Crippen molar-refractivity contribution in [1.82, 2.24) is 14.9 Å². The molecular formula is C13H24N4. The number of rotatable bonds is 4. The van der Waals surface area contributed by atoms with E-state index in [9.17, 15) is 0 Å². The van der Waals surface area contributed by atoms with E-state index in [1.807, 2.05) is 12.5 Å². The van der Waals surface area contributed by atoms with E-state index in [-0.39, 0.29) is 5.54 Å². The Morgan fingerprint density at radius 1 is 1.47 bits per heavy atom. The lowest BCUT2D eigenvalue weighted by molar-refractivity contribution is 0.134. The van der Waals surface area contributed by atoms with Gasteiger partial charge in [-0.3, -0.25) is 0 Å². The minimum Gasteiger partial charge on any atom is -0.382 e. The van der Waals surface area contributed by atoms with E-state index in [0.717, 1.165) is 13.1 Å². The summed E-state index contributed by atoms with van der Waals surface area (Å²) in [7, 11) is 0. The third kappa shape index (κ3) is 2.80. The lowest BCUT2D eigenvalue weighted by Crippen LogP contribution is -2.49. The lowest BCUT2D eigenvalue weighted by atomic mass is 9.76. The summed E-state index contributed by atoms with van der Waals surface area (Å²) >= 11 is 0. The van der Waals surface area contributed by atoms with Gasteiger partial charge in [-0.2, -0.15) is 0 Å². The van der Waals surface area contributed by atoms with Crippen molar-refractivity contribution < 1.29 is 0 Å². The maximum absolute atomic E-state index is 5.70. The highest BCUT2D eigenvalue weighted by atomic mass is 15.2. The van der Waals surface area contributed by atoms with Gasteiger partial charge in [-0.15, -0.1) is 0 Å². The molecule has 4 nitrogen and oxygen atoms in total. The molecule has 96 valence electrons. The van der Waals surface area contributed by atoms with Crippen LogP contribution in [0, 0.1) is 5.41 Å². The second kappa shape index (κ2) is 4.33. The molecule has 4 heteroatoms. The molecule has 1 aliphatic rings. The quantitative estimate of drug-likeness (QED) is 0.840. The van der Waals surface area contributed by atoms with Gasteiger partial charge in [-0.25, -0.2) is 4.98 Å². The van der Waals surface area contributed by atoms with Gasteiger partial charge in [0.15, 0.2) is 0 Å². The van der Waals surface area contributed by atoms with E-state index in [4.69, 9.17) is 5.73 Å². The Bertz CT molecular complexity index is 371. The zero-order valence-electron chi connectivity index (χ0n) is 11.2. The number of hydrogen-bond acceptors (Lipinski definition) is 3. The SMILES string of the molecule is CC(C)(C)CNCC1(n2cnc(N)c2)CCC1. The molecule has 1 aromatic heterocycles. The maximum atomic E-state index is 5.70. The molecule has 1 aromatic rings. The van der Waals surface area contributed by atoms with Gasteiger partial charge < -0.3 is 15.6 Å². The fraction of sp³-hybridized carbons (Fsp3) is 0.769. The van der Waals surface area contributed by atoms with Crippen LogP contribution in [0.4, 0.5) is 5.82 Å². The first-order valence-electron chi connectivity index (χ1n) is 6.42. The summed E-state index contributed by atoms with van der Waals surface area (Å²) in [5.41, 5.74) is 6.25. The number of nitrogen functional groups attached to an aromatic ring is 1. The minimum atomic E-state index is 0.218. The topological polar surface area (TPSA) is 55.9 Å². The van der Waals surface area contributed by atoms with Gasteiger partial charge in [0.05, 0.1) is 11.9 Å². The highest BCUT2D eigenvalue weighted by Crippen LogP contribution is 2.39. The molecule has 0 aliphatic heterocycles. The molecule has 1 heterocycles. The smallest absolute Gasteiger partial charge is 0.141 e. The summed E-state index contributed by atoms with van der Waals surface area (Å²) < 4.78 is 2.20. The van der Waals surface area contributed by atoms with Crippen molar-refractivity contribution in [1.29, 1.82) is 0 Å². The van der Waals surface area contributed by atoms with Crippen molar-refractivity contribution in [3.63, 3.8) is 0 Å². The highest BCUT2D eigenvalue weighted by Gasteiger charge is 2.38. The highest BCUT2D eigenvalue weighted by molar-refractivity contribution is 5.24. The second-order valence-corrected chi connectivity index (χ2v) is 6.45. The Labute approximate surface area is 104 Å². The first-order valence-corrected chi connectivity index (χ1v) is 6.42. The monoisotopic (exact) mass is 236 g/mol. The normalized spacial score (nSPS) is 19.0. The van der Waals surface area contributed by atoms with Gasteiger partial charge in [-0.1, -0.05) is 20.8 Å². The second-order valence-electron chi connectivity index (χ2n) is 6.45. The van der Waals surface area contributed by atoms with Gasteiger partial charge in [-0.05, 0) is 24.7 Å². The number of nitrogens with two attached hydrogens (primary N) is 1. The van der Waals surface area contributed by atoms with Crippen LogP contribution in [0.5, 0.6) is 0 Å². The molecule has 0 saturated heterocycles. The Balaban J connectivity index is 1.96. The Morgan fingerprint density at radius 3 is 2.59 bits per heavy atom. The van der Waals surface area contributed by atoms with E-state index in [1.54, 1.807) is 0 Å². The predicted octanol–water partition coefficient (Wildman–Crippen LogP) is 1.98. The van der Waals surface area contributed by atoms with Crippen LogP contribution in [0.1, 0.15) is 40.0 Å². The van der Waals surface area contributed by atoms with Crippen LogP contribution in [0.2, 0.25) is 0 Å². The third-order valence-electron chi connectivity index (χ3n) is 3.54.